The van der Waals surface area contributed by atoms with Gasteiger partial charge in [0.15, 0.2) is 0 Å². The van der Waals surface area contributed by atoms with Gasteiger partial charge in [0, 0.05) is 26.7 Å². The molecule has 4 heteroatoms. The second kappa shape index (κ2) is 4.59. The molecule has 2 rings (SSSR count). The number of nitrogens with zero attached hydrogens (tertiary/aromatic N) is 2. The minimum absolute atomic E-state index is 0.381. The van der Waals surface area contributed by atoms with E-state index in [1.54, 1.807) is 7.11 Å². The number of likely N-dealkylation sites (tertiary alicyclic amines) is 1. The Balaban J connectivity index is 1.92. The van der Waals surface area contributed by atoms with E-state index in [0.717, 1.165) is 31.7 Å². The number of rotatable bonds is 3. The molecule has 1 aliphatic rings. The van der Waals surface area contributed by atoms with Crippen molar-refractivity contribution in [1.82, 2.24) is 9.88 Å². The summed E-state index contributed by atoms with van der Waals surface area (Å²) in [6, 6.07) is 5.77. The first-order valence-corrected chi connectivity index (χ1v) is 5.24. The van der Waals surface area contributed by atoms with Crippen molar-refractivity contribution in [3.63, 3.8) is 0 Å². The average Bonchev–Trinajstić information content (AvgIpc) is 2.65. The van der Waals surface area contributed by atoms with Gasteiger partial charge in [0.2, 0.25) is 0 Å². The maximum absolute atomic E-state index is 5.63. The Hall–Kier alpha value is -1.13. The van der Waals surface area contributed by atoms with Crippen LogP contribution in [-0.4, -0.2) is 36.2 Å². The molecule has 15 heavy (non-hydrogen) atoms. The maximum atomic E-state index is 5.63. The van der Waals surface area contributed by atoms with Crippen LogP contribution >= 0.6 is 0 Å². The maximum Gasteiger partial charge on any atom is 0.123 e. The Kier molecular flexibility index (Phi) is 3.18. The number of ether oxygens (including phenoxy) is 1. The van der Waals surface area contributed by atoms with Crippen LogP contribution in [0.15, 0.2) is 18.2 Å². The van der Waals surface area contributed by atoms with Gasteiger partial charge in [0.25, 0.3) is 0 Å². The molecule has 0 radical (unpaired) electrons. The Bertz CT molecular complexity index is 329. The van der Waals surface area contributed by atoms with Gasteiger partial charge in [0.05, 0.1) is 11.8 Å². The zero-order valence-electron chi connectivity index (χ0n) is 9.02. The molecule has 1 aromatic heterocycles. The van der Waals surface area contributed by atoms with Gasteiger partial charge < -0.3 is 10.5 Å². The molecule has 1 aromatic rings. The first-order chi connectivity index (χ1) is 7.28. The standard InChI is InChI=1S/C11H17N3O/c1-15-10-5-6-14(8-10)7-9-3-2-4-11(12)13-9/h2-4,10H,5-8H2,1H3,(H2,12,13). The molecule has 0 spiro atoms. The zero-order valence-corrected chi connectivity index (χ0v) is 9.02. The predicted molar refractivity (Wildman–Crippen MR) is 59.3 cm³/mol. The summed E-state index contributed by atoms with van der Waals surface area (Å²) in [6.07, 6.45) is 1.49. The van der Waals surface area contributed by atoms with Crippen LogP contribution < -0.4 is 5.73 Å². The first-order valence-electron chi connectivity index (χ1n) is 5.24. The molecule has 1 saturated heterocycles. The van der Waals surface area contributed by atoms with Crippen LogP contribution in [-0.2, 0) is 11.3 Å². The average molecular weight is 207 g/mol. The number of nitrogen functional groups attached to an aromatic ring is 1. The number of nitrogens with two attached hydrogens (primary N) is 1. The van der Waals surface area contributed by atoms with Crippen LogP contribution in [0.25, 0.3) is 0 Å². The van der Waals surface area contributed by atoms with Crippen molar-refractivity contribution in [2.75, 3.05) is 25.9 Å². The van der Waals surface area contributed by atoms with E-state index >= 15 is 0 Å². The van der Waals surface area contributed by atoms with Crippen molar-refractivity contribution < 1.29 is 4.74 Å². The third kappa shape index (κ3) is 2.67. The molecular formula is C11H17N3O. The molecule has 0 aliphatic carbocycles. The van der Waals surface area contributed by atoms with Crippen LogP contribution in [0.4, 0.5) is 5.82 Å². The highest BCUT2D eigenvalue weighted by molar-refractivity contribution is 5.28. The van der Waals surface area contributed by atoms with Crippen molar-refractivity contribution in [1.29, 1.82) is 0 Å². The lowest BCUT2D eigenvalue weighted by Crippen LogP contribution is -2.22. The molecule has 2 N–H and O–H groups in total. The van der Waals surface area contributed by atoms with Crippen molar-refractivity contribution in [3.8, 4) is 0 Å². The van der Waals surface area contributed by atoms with Gasteiger partial charge in [-0.1, -0.05) is 6.07 Å². The van der Waals surface area contributed by atoms with Gasteiger partial charge in [-0.2, -0.15) is 0 Å². The number of aromatic nitrogens is 1. The minimum atomic E-state index is 0.381. The monoisotopic (exact) mass is 207 g/mol. The summed E-state index contributed by atoms with van der Waals surface area (Å²) in [5, 5.41) is 0. The summed E-state index contributed by atoms with van der Waals surface area (Å²) < 4.78 is 5.32. The number of methoxy groups -OCH3 is 1. The van der Waals surface area contributed by atoms with Gasteiger partial charge >= 0.3 is 0 Å². The Labute approximate surface area is 90.0 Å². The number of hydrogen-bond acceptors (Lipinski definition) is 4. The van der Waals surface area contributed by atoms with Gasteiger partial charge in [-0.3, -0.25) is 4.90 Å². The van der Waals surface area contributed by atoms with E-state index in [9.17, 15) is 0 Å². The Morgan fingerprint density at radius 1 is 1.60 bits per heavy atom. The molecule has 1 fully saturated rings. The van der Waals surface area contributed by atoms with E-state index < -0.39 is 0 Å². The van der Waals surface area contributed by atoms with Crippen LogP contribution in [0.3, 0.4) is 0 Å². The summed E-state index contributed by atoms with van der Waals surface area (Å²) in [7, 11) is 1.77. The van der Waals surface area contributed by atoms with E-state index in [4.69, 9.17) is 10.5 Å². The topological polar surface area (TPSA) is 51.4 Å². The highest BCUT2D eigenvalue weighted by atomic mass is 16.5. The fraction of sp³-hybridized carbons (Fsp3) is 0.545. The molecule has 0 amide bonds. The quantitative estimate of drug-likeness (QED) is 0.799. The highest BCUT2D eigenvalue weighted by Gasteiger charge is 2.21. The van der Waals surface area contributed by atoms with Crippen molar-refractivity contribution in [2.24, 2.45) is 0 Å². The fourth-order valence-corrected chi connectivity index (χ4v) is 1.95. The molecule has 82 valence electrons. The molecule has 4 nitrogen and oxygen atoms in total. The van der Waals surface area contributed by atoms with E-state index in [0.29, 0.717) is 11.9 Å². The summed E-state index contributed by atoms with van der Waals surface area (Å²) in [6.45, 7) is 2.94. The Morgan fingerprint density at radius 3 is 3.13 bits per heavy atom. The first kappa shape index (κ1) is 10.4. The van der Waals surface area contributed by atoms with Crippen LogP contribution in [0, 0.1) is 0 Å². The summed E-state index contributed by atoms with van der Waals surface area (Å²) in [5.74, 6) is 0.593. The van der Waals surface area contributed by atoms with Crippen LogP contribution in [0.1, 0.15) is 12.1 Å². The van der Waals surface area contributed by atoms with E-state index in [-0.39, 0.29) is 0 Å². The zero-order chi connectivity index (χ0) is 10.7. The second-order valence-corrected chi connectivity index (χ2v) is 3.94. The predicted octanol–water partition coefficient (Wildman–Crippen LogP) is 0.885. The van der Waals surface area contributed by atoms with Crippen LogP contribution in [0.5, 0.6) is 0 Å². The van der Waals surface area contributed by atoms with Crippen LogP contribution in [0.2, 0.25) is 0 Å². The molecule has 1 aliphatic heterocycles. The summed E-state index contributed by atoms with van der Waals surface area (Å²) in [4.78, 5) is 6.63. The SMILES string of the molecule is COC1CCN(Cc2cccc(N)n2)C1. The van der Waals surface area contributed by atoms with E-state index in [1.807, 2.05) is 18.2 Å². The lowest BCUT2D eigenvalue weighted by molar-refractivity contribution is 0.107. The van der Waals surface area contributed by atoms with Crippen molar-refractivity contribution in [2.45, 2.75) is 19.1 Å². The third-order valence-electron chi connectivity index (χ3n) is 2.78. The molecule has 1 unspecified atom stereocenters. The second-order valence-electron chi connectivity index (χ2n) is 3.94. The Morgan fingerprint density at radius 2 is 2.47 bits per heavy atom. The summed E-state index contributed by atoms with van der Waals surface area (Å²) in [5.41, 5.74) is 6.67. The molecule has 0 bridgehead atoms. The van der Waals surface area contributed by atoms with E-state index in [2.05, 4.69) is 9.88 Å². The number of hydrogen-bond donors (Lipinski definition) is 1. The van der Waals surface area contributed by atoms with Crippen molar-refractivity contribution >= 4 is 5.82 Å². The highest BCUT2D eigenvalue weighted by Crippen LogP contribution is 2.14. The lowest BCUT2D eigenvalue weighted by Gasteiger charge is -2.14. The van der Waals surface area contributed by atoms with Gasteiger partial charge in [0.1, 0.15) is 5.82 Å². The normalized spacial score (nSPS) is 22.1. The molecular weight excluding hydrogens is 190 g/mol. The largest absolute Gasteiger partial charge is 0.384 e. The fourth-order valence-electron chi connectivity index (χ4n) is 1.95. The van der Waals surface area contributed by atoms with Crippen molar-refractivity contribution in [3.05, 3.63) is 23.9 Å². The third-order valence-corrected chi connectivity index (χ3v) is 2.78. The van der Waals surface area contributed by atoms with E-state index in [1.165, 1.54) is 0 Å². The lowest BCUT2D eigenvalue weighted by atomic mass is 10.3. The molecule has 0 aromatic carbocycles. The molecule has 1 atom stereocenters. The van der Waals surface area contributed by atoms with Gasteiger partial charge in [-0.25, -0.2) is 4.98 Å². The van der Waals surface area contributed by atoms with Gasteiger partial charge in [-0.15, -0.1) is 0 Å². The molecule has 2 heterocycles. The number of anilines is 1. The smallest absolute Gasteiger partial charge is 0.123 e. The summed E-state index contributed by atoms with van der Waals surface area (Å²) >= 11 is 0. The minimum Gasteiger partial charge on any atom is -0.384 e. The number of pyridine rings is 1. The molecule has 0 saturated carbocycles. The van der Waals surface area contributed by atoms with Gasteiger partial charge in [-0.05, 0) is 18.6 Å².